The molecule has 0 atom stereocenters. The molecule has 0 unspecified atom stereocenters. The molecule has 4 aromatic rings. The SMILES string of the molecule is O=C(O)/C(=C/c1ccc(-c2cccc(Cl)c2Cl)o1)Sc1nnc(-c2ccc(Cl)cc2)o1. The van der Waals surface area contributed by atoms with Gasteiger partial charge in [0.15, 0.2) is 0 Å². The first-order chi connectivity index (χ1) is 14.9. The van der Waals surface area contributed by atoms with Crippen molar-refractivity contribution in [1.29, 1.82) is 0 Å². The molecule has 156 valence electrons. The Kier molecular flexibility index (Phi) is 6.38. The van der Waals surface area contributed by atoms with Crippen LogP contribution in [0.4, 0.5) is 0 Å². The number of carbonyl (C=O) groups is 1. The number of benzene rings is 2. The number of hydrogen-bond acceptors (Lipinski definition) is 6. The molecule has 0 aliphatic heterocycles. The van der Waals surface area contributed by atoms with E-state index in [2.05, 4.69) is 10.2 Å². The van der Waals surface area contributed by atoms with Crippen LogP contribution in [0, 0.1) is 0 Å². The Hall–Kier alpha value is -2.71. The maximum absolute atomic E-state index is 11.7. The Morgan fingerprint density at radius 3 is 2.48 bits per heavy atom. The fraction of sp³-hybridized carbons (Fsp3) is 0. The van der Waals surface area contributed by atoms with E-state index in [1.807, 2.05) is 0 Å². The zero-order valence-electron chi connectivity index (χ0n) is 15.4. The van der Waals surface area contributed by atoms with Gasteiger partial charge in [-0.1, -0.05) is 40.9 Å². The van der Waals surface area contributed by atoms with Gasteiger partial charge in [-0.05, 0) is 60.3 Å². The predicted molar refractivity (Wildman–Crippen MR) is 120 cm³/mol. The largest absolute Gasteiger partial charge is 0.477 e. The number of rotatable bonds is 6. The summed E-state index contributed by atoms with van der Waals surface area (Å²) in [7, 11) is 0. The van der Waals surface area contributed by atoms with Crippen LogP contribution in [-0.4, -0.2) is 21.3 Å². The minimum absolute atomic E-state index is 0.0654. The molecule has 31 heavy (non-hydrogen) atoms. The normalized spacial score (nSPS) is 11.6. The number of aliphatic carboxylic acids is 1. The van der Waals surface area contributed by atoms with E-state index >= 15 is 0 Å². The van der Waals surface area contributed by atoms with E-state index in [0.29, 0.717) is 37.7 Å². The number of furan rings is 1. The standard InChI is InChI=1S/C21H11Cl3N2O4S/c22-12-6-4-11(5-7-12)19-25-26-21(30-19)31-17(20(27)28)10-13-8-9-16(29-13)14-2-1-3-15(23)18(14)24/h1-10H,(H,27,28)/b17-10-. The minimum atomic E-state index is -1.17. The molecular formula is C21H11Cl3N2O4S. The molecule has 4 rings (SSSR count). The number of carboxylic acids is 1. The quantitative estimate of drug-likeness (QED) is 0.225. The first-order valence-corrected chi connectivity index (χ1v) is 10.6. The van der Waals surface area contributed by atoms with Crippen LogP contribution < -0.4 is 0 Å². The summed E-state index contributed by atoms with van der Waals surface area (Å²) in [6.45, 7) is 0. The fourth-order valence-electron chi connectivity index (χ4n) is 2.59. The molecule has 0 aliphatic rings. The summed E-state index contributed by atoms with van der Waals surface area (Å²) in [5.41, 5.74) is 1.27. The number of carboxylic acid groups (broad SMARTS) is 1. The topological polar surface area (TPSA) is 89.4 Å². The molecule has 0 amide bonds. The highest BCUT2D eigenvalue weighted by Crippen LogP contribution is 2.36. The Bertz CT molecular complexity index is 1280. The molecule has 10 heteroatoms. The minimum Gasteiger partial charge on any atom is -0.477 e. The molecular weight excluding hydrogens is 483 g/mol. The second-order valence-electron chi connectivity index (χ2n) is 6.10. The molecule has 0 bridgehead atoms. The van der Waals surface area contributed by atoms with E-state index in [9.17, 15) is 9.90 Å². The monoisotopic (exact) mass is 492 g/mol. The number of nitrogens with zero attached hydrogens (tertiary/aromatic N) is 2. The molecule has 0 aliphatic carbocycles. The first kappa shape index (κ1) is 21.5. The summed E-state index contributed by atoms with van der Waals surface area (Å²) in [6, 6.07) is 15.3. The maximum atomic E-state index is 11.7. The Balaban J connectivity index is 1.57. The number of hydrogen-bond donors (Lipinski definition) is 1. The van der Waals surface area contributed by atoms with E-state index < -0.39 is 5.97 Å². The van der Waals surface area contributed by atoms with Crippen LogP contribution in [-0.2, 0) is 4.79 Å². The molecule has 6 nitrogen and oxygen atoms in total. The van der Waals surface area contributed by atoms with Gasteiger partial charge >= 0.3 is 5.97 Å². The summed E-state index contributed by atoms with van der Waals surface area (Å²) < 4.78 is 11.3. The van der Waals surface area contributed by atoms with Gasteiger partial charge in [-0.25, -0.2) is 4.79 Å². The lowest BCUT2D eigenvalue weighted by molar-refractivity contribution is -0.131. The molecule has 0 saturated carbocycles. The molecule has 0 radical (unpaired) electrons. The van der Waals surface area contributed by atoms with Crippen molar-refractivity contribution in [3.05, 3.63) is 80.3 Å². The molecule has 2 heterocycles. The Morgan fingerprint density at radius 1 is 0.968 bits per heavy atom. The van der Waals surface area contributed by atoms with Crippen LogP contribution in [0.15, 0.2) is 73.6 Å². The van der Waals surface area contributed by atoms with Crippen molar-refractivity contribution in [2.24, 2.45) is 0 Å². The van der Waals surface area contributed by atoms with Crippen LogP contribution in [0.5, 0.6) is 0 Å². The van der Waals surface area contributed by atoms with Gasteiger partial charge in [0.1, 0.15) is 16.4 Å². The zero-order valence-corrected chi connectivity index (χ0v) is 18.5. The second kappa shape index (κ2) is 9.20. The third-order valence-electron chi connectivity index (χ3n) is 4.02. The van der Waals surface area contributed by atoms with Crippen LogP contribution in [0.25, 0.3) is 28.9 Å². The molecule has 2 aromatic carbocycles. The third-order valence-corrected chi connectivity index (χ3v) is 5.95. The summed E-state index contributed by atoms with van der Waals surface area (Å²) in [6.07, 6.45) is 1.36. The van der Waals surface area contributed by atoms with Gasteiger partial charge in [-0.3, -0.25) is 0 Å². The zero-order chi connectivity index (χ0) is 22.0. The highest BCUT2D eigenvalue weighted by Gasteiger charge is 2.17. The van der Waals surface area contributed by atoms with E-state index in [4.69, 9.17) is 43.6 Å². The maximum Gasteiger partial charge on any atom is 0.342 e. The number of halogens is 3. The van der Waals surface area contributed by atoms with Gasteiger partial charge in [-0.15, -0.1) is 10.2 Å². The van der Waals surface area contributed by atoms with Crippen LogP contribution >= 0.6 is 46.6 Å². The summed E-state index contributed by atoms with van der Waals surface area (Å²) >= 11 is 19.0. The Labute approximate surface area is 195 Å². The van der Waals surface area contributed by atoms with Crippen LogP contribution in [0.3, 0.4) is 0 Å². The van der Waals surface area contributed by atoms with Crippen molar-refractivity contribution in [3.8, 4) is 22.8 Å². The molecule has 1 N–H and O–H groups in total. The van der Waals surface area contributed by atoms with E-state index in [0.717, 1.165) is 11.8 Å². The average Bonchev–Trinajstić information content (AvgIpc) is 3.40. The number of aromatic nitrogens is 2. The Morgan fingerprint density at radius 2 is 1.74 bits per heavy atom. The van der Waals surface area contributed by atoms with E-state index in [1.165, 1.54) is 6.08 Å². The van der Waals surface area contributed by atoms with Crippen molar-refractivity contribution < 1.29 is 18.7 Å². The van der Waals surface area contributed by atoms with Crippen LogP contribution in [0.1, 0.15) is 5.76 Å². The van der Waals surface area contributed by atoms with Gasteiger partial charge in [0, 0.05) is 22.2 Å². The van der Waals surface area contributed by atoms with Gasteiger partial charge < -0.3 is 13.9 Å². The van der Waals surface area contributed by atoms with Gasteiger partial charge in [0.25, 0.3) is 5.22 Å². The predicted octanol–water partition coefficient (Wildman–Crippen LogP) is 7.17. The highest BCUT2D eigenvalue weighted by molar-refractivity contribution is 8.03. The van der Waals surface area contributed by atoms with E-state index in [1.54, 1.807) is 54.6 Å². The lowest BCUT2D eigenvalue weighted by atomic mass is 10.2. The van der Waals surface area contributed by atoms with Crippen molar-refractivity contribution in [1.82, 2.24) is 10.2 Å². The molecule has 0 fully saturated rings. The summed E-state index contributed by atoms with van der Waals surface area (Å²) in [4.78, 5) is 11.7. The van der Waals surface area contributed by atoms with Crippen molar-refractivity contribution >= 4 is 58.6 Å². The number of thioether (sulfide) groups is 1. The molecule has 0 spiro atoms. The highest BCUT2D eigenvalue weighted by atomic mass is 35.5. The average molecular weight is 494 g/mol. The smallest absolute Gasteiger partial charge is 0.342 e. The molecule has 2 aromatic heterocycles. The second-order valence-corrected chi connectivity index (χ2v) is 8.31. The van der Waals surface area contributed by atoms with Crippen LogP contribution in [0.2, 0.25) is 15.1 Å². The van der Waals surface area contributed by atoms with Gasteiger partial charge in [0.05, 0.1) is 10.0 Å². The first-order valence-electron chi connectivity index (χ1n) is 8.67. The van der Waals surface area contributed by atoms with Gasteiger partial charge in [0.2, 0.25) is 5.89 Å². The summed E-state index contributed by atoms with van der Waals surface area (Å²) in [5.74, 6) is -0.153. The van der Waals surface area contributed by atoms with Crippen molar-refractivity contribution in [3.63, 3.8) is 0 Å². The lowest BCUT2D eigenvalue weighted by Gasteiger charge is -2.02. The summed E-state index contributed by atoms with van der Waals surface area (Å²) in [5, 5.41) is 18.8. The van der Waals surface area contributed by atoms with Crippen molar-refractivity contribution in [2.75, 3.05) is 0 Å². The molecule has 0 saturated heterocycles. The van der Waals surface area contributed by atoms with Crippen molar-refractivity contribution in [2.45, 2.75) is 5.22 Å². The van der Waals surface area contributed by atoms with Gasteiger partial charge in [-0.2, -0.15) is 0 Å². The van der Waals surface area contributed by atoms with E-state index in [-0.39, 0.29) is 16.0 Å². The fourth-order valence-corrected chi connectivity index (χ4v) is 3.76. The lowest BCUT2D eigenvalue weighted by Crippen LogP contribution is -1.96. The third kappa shape index (κ3) is 4.97.